The summed E-state index contributed by atoms with van der Waals surface area (Å²) in [5.74, 6) is 2.82. The number of rotatable bonds is 7. The summed E-state index contributed by atoms with van der Waals surface area (Å²) in [4.78, 5) is 0. The summed E-state index contributed by atoms with van der Waals surface area (Å²) in [5.41, 5.74) is 1.93. The van der Waals surface area contributed by atoms with Gasteiger partial charge < -0.3 is 14.2 Å². The van der Waals surface area contributed by atoms with Crippen molar-refractivity contribution in [1.29, 1.82) is 0 Å². The predicted molar refractivity (Wildman–Crippen MR) is 106 cm³/mol. The Morgan fingerprint density at radius 3 is 2.44 bits per heavy atom. The van der Waals surface area contributed by atoms with Crippen LogP contribution in [0.1, 0.15) is 17.0 Å². The Bertz CT molecular complexity index is 993. The molecule has 0 radical (unpaired) electrons. The molecule has 0 bridgehead atoms. The number of nitrogens with one attached hydrogen (secondary N) is 1. The third-order valence-corrected chi connectivity index (χ3v) is 4.23. The van der Waals surface area contributed by atoms with E-state index in [1.807, 2.05) is 42.5 Å². The van der Waals surface area contributed by atoms with Crippen LogP contribution < -0.4 is 14.2 Å². The lowest BCUT2D eigenvalue weighted by Gasteiger charge is -2.07. The molecule has 0 saturated carbocycles. The van der Waals surface area contributed by atoms with Crippen molar-refractivity contribution in [2.24, 2.45) is 5.10 Å². The van der Waals surface area contributed by atoms with Gasteiger partial charge >= 0.3 is 0 Å². The number of hydrogen-bond donors (Lipinski definition) is 1. The molecular formula is C19H20N4O3S. The van der Waals surface area contributed by atoms with Crippen molar-refractivity contribution in [2.75, 3.05) is 21.3 Å². The molecule has 8 heteroatoms. The molecule has 0 atom stereocenters. The summed E-state index contributed by atoms with van der Waals surface area (Å²) < 4.78 is 17.8. The second-order valence-corrected chi connectivity index (χ2v) is 6.03. The molecule has 0 amide bonds. The van der Waals surface area contributed by atoms with E-state index in [4.69, 9.17) is 26.4 Å². The molecule has 0 aliphatic heterocycles. The topological polar surface area (TPSA) is 73.7 Å². The highest BCUT2D eigenvalue weighted by atomic mass is 32.1. The van der Waals surface area contributed by atoms with Gasteiger partial charge in [-0.1, -0.05) is 12.1 Å². The lowest BCUT2D eigenvalue weighted by atomic mass is 10.1. The van der Waals surface area contributed by atoms with Gasteiger partial charge in [-0.25, -0.2) is 0 Å². The van der Waals surface area contributed by atoms with E-state index in [1.54, 1.807) is 32.2 Å². The molecule has 0 aliphatic rings. The summed E-state index contributed by atoms with van der Waals surface area (Å²) >= 11 is 5.30. The molecule has 0 aliphatic carbocycles. The van der Waals surface area contributed by atoms with E-state index in [2.05, 4.69) is 15.3 Å². The maximum atomic E-state index is 5.32. The molecule has 0 saturated heterocycles. The molecule has 0 spiro atoms. The summed E-state index contributed by atoms with van der Waals surface area (Å²) in [6, 6.07) is 13.3. The normalized spacial score (nSPS) is 10.9. The summed E-state index contributed by atoms with van der Waals surface area (Å²) in [6.07, 6.45) is 2.28. The molecule has 1 N–H and O–H groups in total. The van der Waals surface area contributed by atoms with Crippen molar-refractivity contribution in [3.63, 3.8) is 0 Å². The minimum absolute atomic E-state index is 0.426. The van der Waals surface area contributed by atoms with Crippen LogP contribution in [0.2, 0.25) is 0 Å². The fourth-order valence-electron chi connectivity index (χ4n) is 2.54. The number of benzene rings is 2. The Morgan fingerprint density at radius 1 is 1.04 bits per heavy atom. The Balaban J connectivity index is 1.84. The molecular weight excluding hydrogens is 364 g/mol. The van der Waals surface area contributed by atoms with Gasteiger partial charge in [-0.2, -0.15) is 14.9 Å². The van der Waals surface area contributed by atoms with Gasteiger partial charge in [0.1, 0.15) is 5.75 Å². The van der Waals surface area contributed by atoms with Crippen molar-refractivity contribution < 1.29 is 14.2 Å². The van der Waals surface area contributed by atoms with Crippen LogP contribution in [0.25, 0.3) is 0 Å². The van der Waals surface area contributed by atoms with Crippen LogP contribution in [0, 0.1) is 4.77 Å². The zero-order chi connectivity index (χ0) is 19.2. The molecule has 3 aromatic rings. The summed E-state index contributed by atoms with van der Waals surface area (Å²) in [5, 5.41) is 11.5. The van der Waals surface area contributed by atoms with Crippen molar-refractivity contribution in [1.82, 2.24) is 14.9 Å². The highest BCUT2D eigenvalue weighted by Gasteiger charge is 2.07. The van der Waals surface area contributed by atoms with Gasteiger partial charge in [-0.3, -0.25) is 5.10 Å². The van der Waals surface area contributed by atoms with Gasteiger partial charge in [0.25, 0.3) is 0 Å². The van der Waals surface area contributed by atoms with E-state index in [0.29, 0.717) is 28.5 Å². The number of aromatic amines is 1. The number of aromatic nitrogens is 3. The summed E-state index contributed by atoms with van der Waals surface area (Å²) in [7, 11) is 4.84. The third-order valence-electron chi connectivity index (χ3n) is 3.97. The second-order valence-electron chi connectivity index (χ2n) is 5.64. The van der Waals surface area contributed by atoms with Crippen LogP contribution in [0.15, 0.2) is 47.6 Å². The average molecular weight is 384 g/mol. The highest BCUT2D eigenvalue weighted by molar-refractivity contribution is 7.71. The van der Waals surface area contributed by atoms with Gasteiger partial charge in [-0.15, -0.1) is 0 Å². The maximum Gasteiger partial charge on any atom is 0.216 e. The van der Waals surface area contributed by atoms with Crippen LogP contribution in [0.5, 0.6) is 17.2 Å². The highest BCUT2D eigenvalue weighted by Crippen LogP contribution is 2.26. The van der Waals surface area contributed by atoms with Gasteiger partial charge in [0.15, 0.2) is 17.3 Å². The quantitative estimate of drug-likeness (QED) is 0.499. The lowest BCUT2D eigenvalue weighted by molar-refractivity contribution is 0.355. The molecule has 1 heterocycles. The van der Waals surface area contributed by atoms with E-state index in [-0.39, 0.29) is 0 Å². The van der Waals surface area contributed by atoms with E-state index in [9.17, 15) is 0 Å². The summed E-state index contributed by atoms with van der Waals surface area (Å²) in [6.45, 7) is 0. The van der Waals surface area contributed by atoms with Gasteiger partial charge in [-0.05, 0) is 53.7 Å². The van der Waals surface area contributed by atoms with Gasteiger partial charge in [0.2, 0.25) is 4.77 Å². The first-order valence-electron chi connectivity index (χ1n) is 8.20. The van der Waals surface area contributed by atoms with Gasteiger partial charge in [0, 0.05) is 6.42 Å². The van der Waals surface area contributed by atoms with E-state index in [0.717, 1.165) is 16.9 Å². The molecule has 0 unspecified atom stereocenters. The number of ether oxygens (including phenoxy) is 3. The molecule has 2 aromatic carbocycles. The first-order chi connectivity index (χ1) is 13.1. The second kappa shape index (κ2) is 8.50. The van der Waals surface area contributed by atoms with Crippen molar-refractivity contribution in [3.05, 3.63) is 64.2 Å². The van der Waals surface area contributed by atoms with E-state index < -0.39 is 0 Å². The molecule has 27 heavy (non-hydrogen) atoms. The smallest absolute Gasteiger partial charge is 0.216 e. The molecule has 1 aromatic heterocycles. The fourth-order valence-corrected chi connectivity index (χ4v) is 2.74. The largest absolute Gasteiger partial charge is 0.497 e. The number of methoxy groups -OCH3 is 3. The van der Waals surface area contributed by atoms with Crippen LogP contribution in [-0.2, 0) is 6.42 Å². The molecule has 0 fully saturated rings. The van der Waals surface area contributed by atoms with E-state index >= 15 is 0 Å². The minimum atomic E-state index is 0.426. The Morgan fingerprint density at radius 2 is 1.78 bits per heavy atom. The first-order valence-corrected chi connectivity index (χ1v) is 8.61. The van der Waals surface area contributed by atoms with Crippen LogP contribution in [0.3, 0.4) is 0 Å². The fraction of sp³-hybridized carbons (Fsp3) is 0.211. The van der Waals surface area contributed by atoms with Crippen LogP contribution >= 0.6 is 12.2 Å². The van der Waals surface area contributed by atoms with Crippen LogP contribution in [-0.4, -0.2) is 42.4 Å². The maximum absolute atomic E-state index is 5.32. The standard InChI is InChI=1S/C19H20N4O3S/c1-24-15-7-4-13(5-8-15)11-18-21-22-19(27)23(18)20-12-14-6-9-16(25-2)17(10-14)26-3/h4-10,12H,11H2,1-3H3,(H,22,27)/b20-12-. The monoisotopic (exact) mass is 384 g/mol. The van der Waals surface area contributed by atoms with Crippen LogP contribution in [0.4, 0.5) is 0 Å². The number of H-pyrrole nitrogens is 1. The Labute approximate surface area is 162 Å². The Hall–Kier alpha value is -3.13. The van der Waals surface area contributed by atoms with Gasteiger partial charge in [0.05, 0.1) is 27.5 Å². The number of nitrogens with zero attached hydrogens (tertiary/aromatic N) is 3. The number of hydrogen-bond acceptors (Lipinski definition) is 6. The molecule has 7 nitrogen and oxygen atoms in total. The SMILES string of the molecule is COc1ccc(Cc2n[nH]c(=S)n2/N=C\c2ccc(OC)c(OC)c2)cc1. The molecule has 140 valence electrons. The lowest BCUT2D eigenvalue weighted by Crippen LogP contribution is -2.01. The zero-order valence-electron chi connectivity index (χ0n) is 15.3. The first kappa shape index (κ1) is 18.7. The minimum Gasteiger partial charge on any atom is -0.497 e. The predicted octanol–water partition coefficient (Wildman–Crippen LogP) is 3.44. The third kappa shape index (κ3) is 4.35. The van der Waals surface area contributed by atoms with Crippen molar-refractivity contribution >= 4 is 18.4 Å². The van der Waals surface area contributed by atoms with Crippen molar-refractivity contribution in [2.45, 2.75) is 6.42 Å². The zero-order valence-corrected chi connectivity index (χ0v) is 16.1. The molecule has 3 rings (SSSR count). The van der Waals surface area contributed by atoms with Crippen molar-refractivity contribution in [3.8, 4) is 17.2 Å². The average Bonchev–Trinajstić information content (AvgIpc) is 3.05. The van der Waals surface area contributed by atoms with E-state index in [1.165, 1.54) is 0 Å². The Kier molecular flexibility index (Phi) is 5.87.